The molecule has 1 amide bonds. The lowest BCUT2D eigenvalue weighted by Crippen LogP contribution is -2.49. The van der Waals surface area contributed by atoms with E-state index >= 15 is 0 Å². The number of nitrogens with zero attached hydrogens (tertiary/aromatic N) is 2. The number of aryl methyl sites for hydroxylation is 1. The Labute approximate surface area is 216 Å². The third-order valence-electron chi connectivity index (χ3n) is 6.78. The van der Waals surface area contributed by atoms with Crippen molar-refractivity contribution in [2.45, 2.75) is 25.7 Å². The number of anilines is 2. The minimum atomic E-state index is -0.324. The predicted octanol–water partition coefficient (Wildman–Crippen LogP) is 6.86. The summed E-state index contributed by atoms with van der Waals surface area (Å²) in [7, 11) is 0. The van der Waals surface area contributed by atoms with E-state index in [-0.39, 0.29) is 18.2 Å². The fraction of sp³-hybridized carbons (Fsp3) is 0.194. The number of amides is 1. The molecule has 0 bridgehead atoms. The molecular formula is C31H28N2O2S. The number of ether oxygens (including phenoxy) is 1. The van der Waals surface area contributed by atoms with Gasteiger partial charge < -0.3 is 9.64 Å². The molecule has 0 aliphatic carbocycles. The summed E-state index contributed by atoms with van der Waals surface area (Å²) >= 11 is 1.90. The monoisotopic (exact) mass is 492 g/mol. The van der Waals surface area contributed by atoms with E-state index in [4.69, 9.17) is 4.74 Å². The van der Waals surface area contributed by atoms with Crippen molar-refractivity contribution in [2.75, 3.05) is 21.3 Å². The van der Waals surface area contributed by atoms with Crippen LogP contribution in [-0.4, -0.2) is 23.5 Å². The van der Waals surface area contributed by atoms with Crippen LogP contribution in [0.15, 0.2) is 103 Å². The van der Waals surface area contributed by atoms with E-state index in [0.29, 0.717) is 12.1 Å². The SMILES string of the molecule is Cc1ccc(N2C(=O)c3ccccc3N(Cc3ccccc3)[C@H]2c2cccc(OC3CSC3)c2)cc1. The molecule has 0 radical (unpaired) electrons. The van der Waals surface area contributed by atoms with Gasteiger partial charge in [-0.25, -0.2) is 0 Å². The maximum Gasteiger partial charge on any atom is 0.262 e. The van der Waals surface area contributed by atoms with Gasteiger partial charge in [0.15, 0.2) is 0 Å². The lowest BCUT2D eigenvalue weighted by molar-refractivity contribution is 0.0968. The predicted molar refractivity (Wildman–Crippen MR) is 148 cm³/mol. The zero-order chi connectivity index (χ0) is 24.5. The summed E-state index contributed by atoms with van der Waals surface area (Å²) in [4.78, 5) is 18.3. The van der Waals surface area contributed by atoms with Crippen molar-refractivity contribution in [1.82, 2.24) is 0 Å². The number of rotatable bonds is 6. The van der Waals surface area contributed by atoms with Crippen LogP contribution in [0.4, 0.5) is 11.4 Å². The third kappa shape index (κ3) is 4.35. The normalized spacial score (nSPS) is 17.5. The molecule has 4 aromatic rings. The molecule has 0 N–H and O–H groups in total. The maximum absolute atomic E-state index is 14.1. The topological polar surface area (TPSA) is 32.8 Å². The molecule has 6 rings (SSSR count). The molecule has 4 aromatic carbocycles. The minimum absolute atomic E-state index is 0.00507. The van der Waals surface area contributed by atoms with Crippen LogP contribution in [0.5, 0.6) is 5.75 Å². The van der Waals surface area contributed by atoms with Crippen molar-refractivity contribution in [2.24, 2.45) is 0 Å². The van der Waals surface area contributed by atoms with Crippen molar-refractivity contribution in [1.29, 1.82) is 0 Å². The van der Waals surface area contributed by atoms with Crippen molar-refractivity contribution in [3.05, 3.63) is 125 Å². The highest BCUT2D eigenvalue weighted by molar-refractivity contribution is 8.00. The summed E-state index contributed by atoms with van der Waals surface area (Å²) in [6.07, 6.45) is -0.0674. The summed E-state index contributed by atoms with van der Waals surface area (Å²) in [5, 5.41) is 0. The molecular weight excluding hydrogens is 464 g/mol. The van der Waals surface area contributed by atoms with Gasteiger partial charge in [0.1, 0.15) is 18.0 Å². The molecule has 2 heterocycles. The van der Waals surface area contributed by atoms with Gasteiger partial charge in [0.2, 0.25) is 0 Å². The van der Waals surface area contributed by atoms with Crippen LogP contribution in [0.1, 0.15) is 33.2 Å². The third-order valence-corrected chi connectivity index (χ3v) is 7.99. The number of para-hydroxylation sites is 1. The number of fused-ring (bicyclic) bond motifs is 1. The van der Waals surface area contributed by atoms with Crippen LogP contribution in [-0.2, 0) is 6.54 Å². The Kier molecular flexibility index (Phi) is 6.16. The highest BCUT2D eigenvalue weighted by Crippen LogP contribution is 2.43. The number of thioether (sulfide) groups is 1. The van der Waals surface area contributed by atoms with Crippen molar-refractivity contribution in [3.63, 3.8) is 0 Å². The lowest BCUT2D eigenvalue weighted by atomic mass is 9.98. The molecule has 0 aromatic heterocycles. The van der Waals surface area contributed by atoms with Crippen LogP contribution < -0.4 is 14.5 Å². The molecule has 1 fully saturated rings. The summed E-state index contributed by atoms with van der Waals surface area (Å²) in [5.74, 6) is 2.91. The summed E-state index contributed by atoms with van der Waals surface area (Å²) < 4.78 is 6.25. The van der Waals surface area contributed by atoms with E-state index in [2.05, 4.69) is 66.4 Å². The number of carbonyl (C=O) groups excluding carboxylic acids is 1. The first-order valence-corrected chi connectivity index (χ1v) is 13.5. The van der Waals surface area contributed by atoms with Crippen LogP contribution in [0, 0.1) is 6.92 Å². The molecule has 5 heteroatoms. The second kappa shape index (κ2) is 9.75. The molecule has 180 valence electrons. The number of hydrogen-bond donors (Lipinski definition) is 0. The van der Waals surface area contributed by atoms with Crippen molar-refractivity contribution < 1.29 is 9.53 Å². The Balaban J connectivity index is 1.51. The van der Waals surface area contributed by atoms with Gasteiger partial charge in [-0.2, -0.15) is 11.8 Å². The second-order valence-corrected chi connectivity index (χ2v) is 10.4. The number of carbonyl (C=O) groups is 1. The van der Waals surface area contributed by atoms with Gasteiger partial charge in [-0.15, -0.1) is 0 Å². The summed E-state index contributed by atoms with van der Waals surface area (Å²) in [6, 6.07) is 34.9. The summed E-state index contributed by atoms with van der Waals surface area (Å²) in [5.41, 5.74) is 5.92. The second-order valence-electron chi connectivity index (χ2n) is 9.36. The molecule has 1 atom stereocenters. The van der Waals surface area contributed by atoms with E-state index in [1.165, 1.54) is 5.56 Å². The van der Waals surface area contributed by atoms with E-state index in [1.54, 1.807) is 0 Å². The Morgan fingerprint density at radius 2 is 1.61 bits per heavy atom. The lowest BCUT2D eigenvalue weighted by Gasteiger charge is -2.46. The number of benzene rings is 4. The quantitative estimate of drug-likeness (QED) is 0.295. The zero-order valence-electron chi connectivity index (χ0n) is 20.2. The van der Waals surface area contributed by atoms with E-state index < -0.39 is 0 Å². The van der Waals surface area contributed by atoms with Gasteiger partial charge in [-0.3, -0.25) is 9.69 Å². The molecule has 0 spiro atoms. The first-order valence-electron chi connectivity index (χ1n) is 12.3. The average molecular weight is 493 g/mol. The first-order chi connectivity index (χ1) is 17.7. The van der Waals surface area contributed by atoms with Crippen LogP contribution in [0.3, 0.4) is 0 Å². The fourth-order valence-electron chi connectivity index (χ4n) is 4.88. The smallest absolute Gasteiger partial charge is 0.262 e. The van der Waals surface area contributed by atoms with Crippen LogP contribution >= 0.6 is 11.8 Å². The van der Waals surface area contributed by atoms with E-state index in [0.717, 1.165) is 39.8 Å². The molecule has 4 nitrogen and oxygen atoms in total. The molecule has 1 saturated heterocycles. The highest BCUT2D eigenvalue weighted by atomic mass is 32.2. The molecule has 2 aliphatic heterocycles. The van der Waals surface area contributed by atoms with Gasteiger partial charge >= 0.3 is 0 Å². The largest absolute Gasteiger partial charge is 0.489 e. The van der Waals surface area contributed by atoms with E-state index in [1.807, 2.05) is 65.2 Å². The molecule has 2 aliphatic rings. The van der Waals surface area contributed by atoms with Gasteiger partial charge in [0, 0.05) is 23.7 Å². The molecule has 36 heavy (non-hydrogen) atoms. The van der Waals surface area contributed by atoms with Crippen molar-refractivity contribution in [3.8, 4) is 5.75 Å². The maximum atomic E-state index is 14.1. The standard InChI is InChI=1S/C31H28N2O2S/c1-22-14-16-25(17-15-22)33-30(24-10-7-11-26(18-24)35-27-20-36-21-27)32(19-23-8-3-2-4-9-23)29-13-6-5-12-28(29)31(33)34/h2-18,27,30H,19-21H2,1H3/t30-/m1/s1. The first kappa shape index (κ1) is 22.7. The Morgan fingerprint density at radius 1 is 0.861 bits per heavy atom. The van der Waals surface area contributed by atoms with Crippen LogP contribution in [0.25, 0.3) is 0 Å². The minimum Gasteiger partial charge on any atom is -0.489 e. The molecule has 0 saturated carbocycles. The van der Waals surface area contributed by atoms with Crippen molar-refractivity contribution >= 4 is 29.0 Å². The highest BCUT2D eigenvalue weighted by Gasteiger charge is 2.39. The zero-order valence-corrected chi connectivity index (χ0v) is 21.0. The van der Waals surface area contributed by atoms with Crippen LogP contribution in [0.2, 0.25) is 0 Å². The Morgan fingerprint density at radius 3 is 2.36 bits per heavy atom. The Bertz CT molecular complexity index is 1370. The van der Waals surface area contributed by atoms with E-state index in [9.17, 15) is 4.79 Å². The Hall–Kier alpha value is -3.70. The number of hydrogen-bond acceptors (Lipinski definition) is 4. The van der Waals surface area contributed by atoms with Gasteiger partial charge in [0.05, 0.1) is 11.3 Å². The fourth-order valence-corrected chi connectivity index (χ4v) is 5.45. The summed E-state index contributed by atoms with van der Waals surface area (Å²) in [6.45, 7) is 2.73. The van der Waals surface area contributed by atoms with Gasteiger partial charge in [-0.1, -0.05) is 72.3 Å². The van der Waals surface area contributed by atoms with Gasteiger partial charge in [-0.05, 0) is 54.4 Å². The molecule has 0 unspecified atom stereocenters. The average Bonchev–Trinajstić information content (AvgIpc) is 2.89. The van der Waals surface area contributed by atoms with Gasteiger partial charge in [0.25, 0.3) is 5.91 Å².